The number of carbonyl (C=O) groups excluding carboxylic acids is 1. The number of carbonyl (C=O) groups is 2. The molecule has 3 rings (SSSR count). The van der Waals surface area contributed by atoms with Crippen LogP contribution in [0, 0.1) is 0 Å². The van der Waals surface area contributed by atoms with Gasteiger partial charge in [0.05, 0.1) is 11.6 Å². The Hall–Kier alpha value is -2.41. The van der Waals surface area contributed by atoms with E-state index in [0.29, 0.717) is 16.3 Å². The van der Waals surface area contributed by atoms with Crippen LogP contribution in [0.15, 0.2) is 34.9 Å². The SMILES string of the molecule is O=C(c1cc(-c2ccccc2Cl)on1)N1CCC(F)(C(=O)O)C1. The molecule has 1 aliphatic heterocycles. The molecule has 23 heavy (non-hydrogen) atoms. The highest BCUT2D eigenvalue weighted by Crippen LogP contribution is 2.30. The molecule has 1 aromatic carbocycles. The molecular formula is C15H12ClFN2O4. The summed E-state index contributed by atoms with van der Waals surface area (Å²) in [6.45, 7) is -0.495. The minimum atomic E-state index is -2.41. The maximum absolute atomic E-state index is 14.0. The van der Waals surface area contributed by atoms with Crippen LogP contribution in [0.25, 0.3) is 11.3 Å². The Morgan fingerprint density at radius 2 is 2.13 bits per heavy atom. The summed E-state index contributed by atoms with van der Waals surface area (Å²) in [5.74, 6) is -1.83. The van der Waals surface area contributed by atoms with E-state index in [9.17, 15) is 14.0 Å². The maximum atomic E-state index is 14.0. The third kappa shape index (κ3) is 2.79. The molecular weight excluding hydrogens is 327 g/mol. The van der Waals surface area contributed by atoms with Gasteiger partial charge in [-0.05, 0) is 12.1 Å². The van der Waals surface area contributed by atoms with Crippen molar-refractivity contribution in [2.45, 2.75) is 12.1 Å². The first-order valence-corrected chi connectivity index (χ1v) is 7.22. The van der Waals surface area contributed by atoms with Gasteiger partial charge in [-0.3, -0.25) is 4.79 Å². The number of aromatic nitrogens is 1. The molecule has 1 unspecified atom stereocenters. The van der Waals surface area contributed by atoms with Gasteiger partial charge in [-0.2, -0.15) is 0 Å². The Balaban J connectivity index is 1.80. The summed E-state index contributed by atoms with van der Waals surface area (Å²) in [7, 11) is 0. The van der Waals surface area contributed by atoms with Crippen molar-refractivity contribution in [2.75, 3.05) is 13.1 Å². The summed E-state index contributed by atoms with van der Waals surface area (Å²) in [6.07, 6.45) is -0.247. The number of carboxylic acid groups (broad SMARTS) is 1. The van der Waals surface area contributed by atoms with Gasteiger partial charge in [0.1, 0.15) is 0 Å². The zero-order valence-electron chi connectivity index (χ0n) is 11.8. The average molecular weight is 339 g/mol. The zero-order valence-corrected chi connectivity index (χ0v) is 12.6. The number of halogens is 2. The van der Waals surface area contributed by atoms with E-state index in [1.54, 1.807) is 24.3 Å². The minimum absolute atomic E-state index is 0.00984. The number of rotatable bonds is 3. The van der Waals surface area contributed by atoms with Crippen molar-refractivity contribution in [1.82, 2.24) is 10.1 Å². The summed E-state index contributed by atoms with van der Waals surface area (Å²) < 4.78 is 19.1. The van der Waals surface area contributed by atoms with Gasteiger partial charge in [0.25, 0.3) is 5.91 Å². The lowest BCUT2D eigenvalue weighted by molar-refractivity contribution is -0.149. The molecule has 0 bridgehead atoms. The second-order valence-electron chi connectivity index (χ2n) is 5.30. The van der Waals surface area contributed by atoms with E-state index in [1.807, 2.05) is 0 Å². The highest BCUT2D eigenvalue weighted by molar-refractivity contribution is 6.33. The Labute approximate surface area is 135 Å². The third-order valence-corrected chi connectivity index (χ3v) is 4.09. The van der Waals surface area contributed by atoms with Gasteiger partial charge in [-0.25, -0.2) is 9.18 Å². The van der Waals surface area contributed by atoms with E-state index in [0.717, 1.165) is 4.90 Å². The number of hydrogen-bond donors (Lipinski definition) is 1. The van der Waals surface area contributed by atoms with Crippen molar-refractivity contribution in [3.8, 4) is 11.3 Å². The molecule has 0 spiro atoms. The largest absolute Gasteiger partial charge is 0.479 e. The van der Waals surface area contributed by atoms with Crippen LogP contribution in [0.5, 0.6) is 0 Å². The smallest absolute Gasteiger partial charge is 0.343 e. The molecule has 120 valence electrons. The minimum Gasteiger partial charge on any atom is -0.479 e. The number of likely N-dealkylation sites (tertiary alicyclic amines) is 1. The number of aliphatic carboxylic acids is 1. The van der Waals surface area contributed by atoms with Crippen LogP contribution in [0.3, 0.4) is 0 Å². The molecule has 1 fully saturated rings. The molecule has 0 aliphatic carbocycles. The van der Waals surface area contributed by atoms with Gasteiger partial charge in [-0.1, -0.05) is 28.9 Å². The predicted molar refractivity (Wildman–Crippen MR) is 78.9 cm³/mol. The first-order chi connectivity index (χ1) is 10.9. The van der Waals surface area contributed by atoms with Crippen molar-refractivity contribution < 1.29 is 23.6 Å². The maximum Gasteiger partial charge on any atom is 0.343 e. The number of benzene rings is 1. The molecule has 0 radical (unpaired) electrons. The van der Waals surface area contributed by atoms with Crippen LogP contribution in [-0.4, -0.2) is 45.8 Å². The fourth-order valence-electron chi connectivity index (χ4n) is 2.45. The van der Waals surface area contributed by atoms with Crippen molar-refractivity contribution in [1.29, 1.82) is 0 Å². The zero-order chi connectivity index (χ0) is 16.6. The number of nitrogens with zero attached hydrogens (tertiary/aromatic N) is 2. The molecule has 1 saturated heterocycles. The molecule has 1 aliphatic rings. The number of alkyl halides is 1. The summed E-state index contributed by atoms with van der Waals surface area (Å²) in [5, 5.41) is 13.0. The van der Waals surface area contributed by atoms with Gasteiger partial charge in [0.2, 0.25) is 5.67 Å². The Morgan fingerprint density at radius 1 is 1.39 bits per heavy atom. The van der Waals surface area contributed by atoms with Gasteiger partial charge >= 0.3 is 5.97 Å². The average Bonchev–Trinajstić information content (AvgIpc) is 3.15. The lowest BCUT2D eigenvalue weighted by atomic mass is 10.1. The lowest BCUT2D eigenvalue weighted by Gasteiger charge is -2.16. The summed E-state index contributed by atoms with van der Waals surface area (Å²) in [6, 6.07) is 8.31. The predicted octanol–water partition coefficient (Wildman–Crippen LogP) is 2.63. The second-order valence-corrected chi connectivity index (χ2v) is 5.71. The molecule has 2 aromatic rings. The standard InChI is InChI=1S/C15H12ClFN2O4/c16-10-4-2-1-3-9(10)12-7-11(18-23-12)13(20)19-6-5-15(17,8-19)14(21)22/h1-4,7H,5-6,8H2,(H,21,22). The number of amides is 1. The van der Waals surface area contributed by atoms with E-state index in [4.69, 9.17) is 21.2 Å². The fraction of sp³-hybridized carbons (Fsp3) is 0.267. The van der Waals surface area contributed by atoms with Gasteiger partial charge in [-0.15, -0.1) is 0 Å². The van der Waals surface area contributed by atoms with Gasteiger partial charge < -0.3 is 14.5 Å². The van der Waals surface area contributed by atoms with Crippen LogP contribution < -0.4 is 0 Å². The fourth-order valence-corrected chi connectivity index (χ4v) is 2.68. The van der Waals surface area contributed by atoms with Crippen molar-refractivity contribution in [2.24, 2.45) is 0 Å². The summed E-state index contributed by atoms with van der Waals surface area (Å²) in [4.78, 5) is 24.3. The van der Waals surface area contributed by atoms with E-state index < -0.39 is 24.1 Å². The van der Waals surface area contributed by atoms with Crippen molar-refractivity contribution >= 4 is 23.5 Å². The molecule has 0 saturated carbocycles. The Kier molecular flexibility index (Phi) is 3.81. The third-order valence-electron chi connectivity index (χ3n) is 3.76. The van der Waals surface area contributed by atoms with Crippen molar-refractivity contribution in [3.05, 3.63) is 41.0 Å². The molecule has 8 heteroatoms. The molecule has 1 aromatic heterocycles. The normalized spacial score (nSPS) is 20.7. The highest BCUT2D eigenvalue weighted by atomic mass is 35.5. The molecule has 6 nitrogen and oxygen atoms in total. The number of hydrogen-bond acceptors (Lipinski definition) is 4. The van der Waals surface area contributed by atoms with E-state index in [1.165, 1.54) is 6.07 Å². The Morgan fingerprint density at radius 3 is 2.78 bits per heavy atom. The molecule has 1 N–H and O–H groups in total. The first-order valence-electron chi connectivity index (χ1n) is 6.84. The van der Waals surface area contributed by atoms with Gasteiger partial charge in [0.15, 0.2) is 11.5 Å². The van der Waals surface area contributed by atoms with Crippen LogP contribution in [0.2, 0.25) is 5.02 Å². The van der Waals surface area contributed by atoms with E-state index in [-0.39, 0.29) is 18.7 Å². The van der Waals surface area contributed by atoms with Crippen LogP contribution in [0.4, 0.5) is 4.39 Å². The van der Waals surface area contributed by atoms with Gasteiger partial charge in [0, 0.05) is 24.6 Å². The molecule has 2 heterocycles. The molecule has 1 amide bonds. The number of carboxylic acids is 1. The first kappa shape index (κ1) is 15.5. The van der Waals surface area contributed by atoms with Crippen LogP contribution in [-0.2, 0) is 4.79 Å². The summed E-state index contributed by atoms with van der Waals surface area (Å²) in [5.41, 5.74) is -1.85. The van der Waals surface area contributed by atoms with Crippen LogP contribution >= 0.6 is 11.6 Å². The summed E-state index contributed by atoms with van der Waals surface area (Å²) >= 11 is 6.05. The van der Waals surface area contributed by atoms with Crippen molar-refractivity contribution in [3.63, 3.8) is 0 Å². The quantitative estimate of drug-likeness (QED) is 0.930. The van der Waals surface area contributed by atoms with E-state index in [2.05, 4.69) is 5.16 Å². The lowest BCUT2D eigenvalue weighted by Crippen LogP contribution is -2.39. The topological polar surface area (TPSA) is 83.6 Å². The highest BCUT2D eigenvalue weighted by Gasteiger charge is 2.47. The monoisotopic (exact) mass is 338 g/mol. The van der Waals surface area contributed by atoms with Crippen LogP contribution in [0.1, 0.15) is 16.9 Å². The Bertz CT molecular complexity index is 778. The van der Waals surface area contributed by atoms with E-state index >= 15 is 0 Å². The molecule has 1 atom stereocenters. The second kappa shape index (κ2) is 5.66.